The molecular formula is C18H23ClN4O. The summed E-state index contributed by atoms with van der Waals surface area (Å²) >= 11 is 0. The molecule has 0 radical (unpaired) electrons. The topological polar surface area (TPSA) is 59.0 Å². The van der Waals surface area contributed by atoms with Gasteiger partial charge in [0.15, 0.2) is 0 Å². The number of hydrogen-bond acceptors (Lipinski definition) is 3. The van der Waals surface area contributed by atoms with E-state index in [4.69, 9.17) is 0 Å². The fourth-order valence-electron chi connectivity index (χ4n) is 3.86. The largest absolute Gasteiger partial charge is 0.322 e. The molecule has 2 aliphatic rings. The maximum Gasteiger partial charge on any atom is 0.241 e. The molecule has 2 fully saturated rings. The van der Waals surface area contributed by atoms with Crippen LogP contribution in [0.15, 0.2) is 42.7 Å². The van der Waals surface area contributed by atoms with Gasteiger partial charge >= 0.3 is 0 Å². The molecule has 1 aromatic heterocycles. The number of benzene rings is 1. The quantitative estimate of drug-likeness (QED) is 0.897. The first kappa shape index (κ1) is 17.0. The predicted octanol–water partition coefficient (Wildman–Crippen LogP) is 3.15. The first-order valence-corrected chi connectivity index (χ1v) is 8.46. The molecule has 24 heavy (non-hydrogen) atoms. The zero-order valence-electron chi connectivity index (χ0n) is 13.5. The van der Waals surface area contributed by atoms with Crippen molar-refractivity contribution < 1.29 is 4.79 Å². The lowest BCUT2D eigenvalue weighted by atomic mass is 9.85. The fourth-order valence-corrected chi connectivity index (χ4v) is 3.86. The van der Waals surface area contributed by atoms with Crippen LogP contribution in [0, 0.1) is 5.92 Å². The van der Waals surface area contributed by atoms with Crippen LogP contribution in [0.25, 0.3) is 5.69 Å². The summed E-state index contributed by atoms with van der Waals surface area (Å²) < 4.78 is 1.78. The first-order valence-electron chi connectivity index (χ1n) is 8.46. The Hall–Kier alpha value is -1.85. The molecule has 1 saturated carbocycles. The summed E-state index contributed by atoms with van der Waals surface area (Å²) in [6.07, 6.45) is 9.58. The molecule has 1 aliphatic carbocycles. The lowest BCUT2D eigenvalue weighted by Gasteiger charge is -2.24. The van der Waals surface area contributed by atoms with Gasteiger partial charge in [0.25, 0.3) is 0 Å². The highest BCUT2D eigenvalue weighted by molar-refractivity contribution is 5.94. The van der Waals surface area contributed by atoms with Crippen molar-refractivity contribution in [2.75, 3.05) is 5.32 Å². The number of fused-ring (bicyclic) bond motifs is 1. The van der Waals surface area contributed by atoms with Crippen molar-refractivity contribution >= 4 is 24.0 Å². The minimum absolute atomic E-state index is 0. The number of aromatic nitrogens is 2. The van der Waals surface area contributed by atoms with Gasteiger partial charge in [0.1, 0.15) is 0 Å². The van der Waals surface area contributed by atoms with E-state index in [-0.39, 0.29) is 24.4 Å². The maximum absolute atomic E-state index is 12.5. The number of nitrogens with one attached hydrogen (secondary N) is 2. The van der Waals surface area contributed by atoms with E-state index in [0.717, 1.165) is 17.8 Å². The summed E-state index contributed by atoms with van der Waals surface area (Å²) in [6, 6.07) is 10.4. The first-order chi connectivity index (χ1) is 11.3. The Morgan fingerprint density at radius 1 is 1.21 bits per heavy atom. The summed E-state index contributed by atoms with van der Waals surface area (Å²) in [5.74, 6) is 0.735. The molecule has 1 aliphatic heterocycles. The standard InChI is InChI=1S/C18H22N4O.ClH/c23-18(17-10-13-6-4-5-9-16(13)21-17)20-14-11-19-22(12-14)15-7-2-1-3-8-15;/h1-3,7-8,11-13,16-17,21H,4-6,9-10H2,(H,20,23);1H. The Morgan fingerprint density at radius 2 is 2.00 bits per heavy atom. The second-order valence-corrected chi connectivity index (χ2v) is 6.60. The number of rotatable bonds is 3. The maximum atomic E-state index is 12.5. The summed E-state index contributed by atoms with van der Waals surface area (Å²) in [4.78, 5) is 12.5. The van der Waals surface area contributed by atoms with Gasteiger partial charge in [0.2, 0.25) is 5.91 Å². The second-order valence-electron chi connectivity index (χ2n) is 6.60. The molecule has 3 unspecified atom stereocenters. The van der Waals surface area contributed by atoms with Gasteiger partial charge in [-0.15, -0.1) is 12.4 Å². The normalized spacial score (nSPS) is 25.6. The van der Waals surface area contributed by atoms with Gasteiger partial charge in [0, 0.05) is 6.04 Å². The van der Waals surface area contributed by atoms with Crippen molar-refractivity contribution in [3.63, 3.8) is 0 Å². The monoisotopic (exact) mass is 346 g/mol. The Morgan fingerprint density at radius 3 is 2.79 bits per heavy atom. The van der Waals surface area contributed by atoms with Crippen molar-refractivity contribution in [3.05, 3.63) is 42.7 Å². The van der Waals surface area contributed by atoms with Gasteiger partial charge in [-0.3, -0.25) is 4.79 Å². The lowest BCUT2D eigenvalue weighted by molar-refractivity contribution is -0.117. The molecule has 3 atom stereocenters. The van der Waals surface area contributed by atoms with E-state index in [1.165, 1.54) is 25.7 Å². The summed E-state index contributed by atoms with van der Waals surface area (Å²) in [5, 5.41) is 10.8. The van der Waals surface area contributed by atoms with Crippen LogP contribution in [0.2, 0.25) is 0 Å². The number of amides is 1. The molecule has 1 saturated heterocycles. The van der Waals surface area contributed by atoms with Crippen molar-refractivity contribution in [2.24, 2.45) is 5.92 Å². The van der Waals surface area contributed by atoms with Crippen LogP contribution in [0.5, 0.6) is 0 Å². The third-order valence-electron chi connectivity index (χ3n) is 5.05. The molecule has 128 valence electrons. The fraction of sp³-hybridized carbons (Fsp3) is 0.444. The molecule has 4 rings (SSSR count). The predicted molar refractivity (Wildman–Crippen MR) is 96.7 cm³/mol. The van der Waals surface area contributed by atoms with Gasteiger partial charge in [-0.25, -0.2) is 4.68 Å². The van der Waals surface area contributed by atoms with Gasteiger partial charge in [0.05, 0.1) is 29.8 Å². The van der Waals surface area contributed by atoms with Crippen LogP contribution in [0.1, 0.15) is 32.1 Å². The molecule has 1 aromatic carbocycles. The number of halogens is 1. The minimum Gasteiger partial charge on any atom is -0.322 e. The molecule has 0 bridgehead atoms. The number of carbonyl (C=O) groups excluding carboxylic acids is 1. The smallest absolute Gasteiger partial charge is 0.241 e. The van der Waals surface area contributed by atoms with Crippen LogP contribution >= 0.6 is 12.4 Å². The van der Waals surface area contributed by atoms with Gasteiger partial charge < -0.3 is 10.6 Å². The molecule has 5 nitrogen and oxygen atoms in total. The van der Waals surface area contributed by atoms with Gasteiger partial charge in [-0.2, -0.15) is 5.10 Å². The molecule has 1 amide bonds. The lowest BCUT2D eigenvalue weighted by Crippen LogP contribution is -2.39. The van der Waals surface area contributed by atoms with Crippen LogP contribution in [-0.4, -0.2) is 27.8 Å². The Labute approximate surface area is 148 Å². The third kappa shape index (κ3) is 3.47. The highest BCUT2D eigenvalue weighted by Crippen LogP contribution is 2.33. The Balaban J connectivity index is 0.00000169. The van der Waals surface area contributed by atoms with E-state index in [9.17, 15) is 4.79 Å². The van der Waals surface area contributed by atoms with Crippen molar-refractivity contribution in [3.8, 4) is 5.69 Å². The van der Waals surface area contributed by atoms with Gasteiger partial charge in [-0.1, -0.05) is 31.0 Å². The van der Waals surface area contributed by atoms with Crippen LogP contribution in [0.4, 0.5) is 5.69 Å². The molecule has 2 aromatic rings. The van der Waals surface area contributed by atoms with Crippen LogP contribution < -0.4 is 10.6 Å². The summed E-state index contributed by atoms with van der Waals surface area (Å²) in [7, 11) is 0. The zero-order valence-corrected chi connectivity index (χ0v) is 14.3. The number of anilines is 1. The Kier molecular flexibility index (Phi) is 5.21. The molecule has 6 heteroatoms. The summed E-state index contributed by atoms with van der Waals surface area (Å²) in [5.41, 5.74) is 1.73. The van der Waals surface area contributed by atoms with Gasteiger partial charge in [-0.05, 0) is 37.3 Å². The number of nitrogens with zero attached hydrogens (tertiary/aromatic N) is 2. The van der Waals surface area contributed by atoms with Crippen molar-refractivity contribution in [2.45, 2.75) is 44.2 Å². The second kappa shape index (κ2) is 7.36. The van der Waals surface area contributed by atoms with Crippen molar-refractivity contribution in [1.82, 2.24) is 15.1 Å². The van der Waals surface area contributed by atoms with E-state index in [2.05, 4.69) is 15.7 Å². The zero-order chi connectivity index (χ0) is 15.6. The molecule has 2 heterocycles. The Bertz CT molecular complexity index is 673. The number of para-hydroxylation sites is 1. The van der Waals surface area contributed by atoms with Crippen molar-refractivity contribution in [1.29, 1.82) is 0 Å². The van der Waals surface area contributed by atoms with Crippen LogP contribution in [0.3, 0.4) is 0 Å². The number of carbonyl (C=O) groups is 1. The van der Waals surface area contributed by atoms with E-state index >= 15 is 0 Å². The average Bonchev–Trinajstić information content (AvgIpc) is 3.22. The molecule has 2 N–H and O–H groups in total. The average molecular weight is 347 g/mol. The summed E-state index contributed by atoms with van der Waals surface area (Å²) in [6.45, 7) is 0. The molecule has 0 spiro atoms. The third-order valence-corrected chi connectivity index (χ3v) is 5.05. The van der Waals surface area contributed by atoms with E-state index in [1.807, 2.05) is 36.5 Å². The van der Waals surface area contributed by atoms with E-state index in [1.54, 1.807) is 10.9 Å². The molecular weight excluding hydrogens is 324 g/mol. The minimum atomic E-state index is -0.0665. The van der Waals surface area contributed by atoms with Crippen LogP contribution in [-0.2, 0) is 4.79 Å². The highest BCUT2D eigenvalue weighted by Gasteiger charge is 2.38. The van der Waals surface area contributed by atoms with E-state index in [0.29, 0.717) is 12.0 Å². The highest BCUT2D eigenvalue weighted by atomic mass is 35.5. The SMILES string of the molecule is Cl.O=C(Nc1cnn(-c2ccccc2)c1)C1CC2CCCCC2N1. The number of hydrogen-bond donors (Lipinski definition) is 2. The van der Waals surface area contributed by atoms with E-state index < -0.39 is 0 Å².